The Hall–Kier alpha value is -1.18. The minimum absolute atomic E-state index is 0.741. The molecule has 0 aliphatic heterocycles. The lowest BCUT2D eigenvalue weighted by Gasteiger charge is -2.28. The fourth-order valence-corrected chi connectivity index (χ4v) is 5.89. The first-order valence-electron chi connectivity index (χ1n) is 14.1. The minimum atomic E-state index is 0.741. The van der Waals surface area contributed by atoms with Gasteiger partial charge in [-0.1, -0.05) is 90.9 Å². The molecule has 32 heavy (non-hydrogen) atoms. The third-order valence-corrected chi connectivity index (χ3v) is 8.20. The summed E-state index contributed by atoms with van der Waals surface area (Å²) in [5.74, 6) is 5.65. The van der Waals surface area contributed by atoms with Crippen LogP contribution in [-0.4, -0.2) is 13.2 Å². The maximum Gasteiger partial charge on any atom is 0.119 e. The molecule has 182 valence electrons. The number of benzene rings is 1. The summed E-state index contributed by atoms with van der Waals surface area (Å²) in [6.45, 7) is 6.33. The van der Waals surface area contributed by atoms with Gasteiger partial charge in [0, 0.05) is 0 Å². The predicted octanol–water partition coefficient (Wildman–Crippen LogP) is 9.22. The fraction of sp³-hybridized carbons (Fsp3) is 0.800. The molecule has 0 aromatic heterocycles. The molecular weight excluding hydrogens is 392 g/mol. The first-order chi connectivity index (χ1) is 15.8. The van der Waals surface area contributed by atoms with Crippen LogP contribution in [0.1, 0.15) is 117 Å². The summed E-state index contributed by atoms with van der Waals surface area (Å²) < 4.78 is 12.1. The summed E-state index contributed by atoms with van der Waals surface area (Å²) >= 11 is 0. The molecule has 3 rings (SSSR count). The Balaban J connectivity index is 1.23. The van der Waals surface area contributed by atoms with E-state index in [0.717, 1.165) is 48.4 Å². The van der Waals surface area contributed by atoms with Crippen LogP contribution in [0.15, 0.2) is 24.3 Å². The molecule has 0 atom stereocenters. The zero-order valence-electron chi connectivity index (χ0n) is 21.2. The van der Waals surface area contributed by atoms with Crippen LogP contribution in [0.25, 0.3) is 0 Å². The van der Waals surface area contributed by atoms with E-state index in [1.54, 1.807) is 0 Å². The van der Waals surface area contributed by atoms with Gasteiger partial charge >= 0.3 is 0 Å². The predicted molar refractivity (Wildman–Crippen MR) is 137 cm³/mol. The molecule has 0 spiro atoms. The summed E-state index contributed by atoms with van der Waals surface area (Å²) in [7, 11) is 0. The number of hydrogen-bond donors (Lipinski definition) is 0. The Kier molecular flexibility index (Phi) is 11.8. The molecule has 0 heterocycles. The van der Waals surface area contributed by atoms with E-state index in [0.29, 0.717) is 0 Å². The molecule has 2 fully saturated rings. The van der Waals surface area contributed by atoms with Gasteiger partial charge in [0.2, 0.25) is 0 Å². The van der Waals surface area contributed by atoms with Gasteiger partial charge in [-0.25, -0.2) is 0 Å². The molecule has 0 N–H and O–H groups in total. The molecule has 2 aliphatic rings. The molecule has 0 bridgehead atoms. The van der Waals surface area contributed by atoms with Crippen molar-refractivity contribution >= 4 is 0 Å². The summed E-state index contributed by atoms with van der Waals surface area (Å²) in [5.41, 5.74) is 0. The van der Waals surface area contributed by atoms with Crippen molar-refractivity contribution in [2.45, 2.75) is 117 Å². The van der Waals surface area contributed by atoms with Gasteiger partial charge in [0.25, 0.3) is 0 Å². The second-order valence-corrected chi connectivity index (χ2v) is 10.8. The van der Waals surface area contributed by atoms with Gasteiger partial charge in [0.05, 0.1) is 13.2 Å². The van der Waals surface area contributed by atoms with Crippen molar-refractivity contribution in [2.75, 3.05) is 13.2 Å². The molecule has 2 aliphatic carbocycles. The van der Waals surface area contributed by atoms with Crippen molar-refractivity contribution in [1.82, 2.24) is 0 Å². The van der Waals surface area contributed by atoms with Gasteiger partial charge in [-0.15, -0.1) is 0 Å². The van der Waals surface area contributed by atoms with E-state index in [2.05, 4.69) is 38.1 Å². The highest BCUT2D eigenvalue weighted by atomic mass is 16.5. The molecule has 1 aromatic rings. The maximum atomic E-state index is 6.10. The van der Waals surface area contributed by atoms with Crippen LogP contribution in [0.3, 0.4) is 0 Å². The van der Waals surface area contributed by atoms with Crippen molar-refractivity contribution in [3.05, 3.63) is 24.3 Å². The molecule has 2 heteroatoms. The minimum Gasteiger partial charge on any atom is -0.494 e. The summed E-state index contributed by atoms with van der Waals surface area (Å²) in [4.78, 5) is 0. The zero-order chi connectivity index (χ0) is 22.4. The normalized spacial score (nSPS) is 26.1. The highest BCUT2D eigenvalue weighted by Gasteiger charge is 2.22. The molecule has 0 unspecified atom stereocenters. The quantitative estimate of drug-likeness (QED) is 0.267. The first-order valence-corrected chi connectivity index (χ1v) is 14.1. The van der Waals surface area contributed by atoms with Crippen LogP contribution in [-0.2, 0) is 0 Å². The number of hydrogen-bond acceptors (Lipinski definition) is 2. The largest absolute Gasteiger partial charge is 0.494 e. The van der Waals surface area contributed by atoms with E-state index >= 15 is 0 Å². The van der Waals surface area contributed by atoms with Gasteiger partial charge in [0.1, 0.15) is 11.5 Å². The molecule has 0 saturated heterocycles. The first kappa shape index (κ1) is 25.4. The Morgan fingerprint density at radius 2 is 0.969 bits per heavy atom. The highest BCUT2D eigenvalue weighted by molar-refractivity contribution is 5.31. The Labute approximate surface area is 198 Å². The van der Waals surface area contributed by atoms with Crippen molar-refractivity contribution in [2.24, 2.45) is 23.7 Å². The van der Waals surface area contributed by atoms with E-state index in [1.165, 1.54) is 103 Å². The fourth-order valence-electron chi connectivity index (χ4n) is 5.89. The Bertz CT molecular complexity index is 579. The average Bonchev–Trinajstić information content (AvgIpc) is 2.85. The van der Waals surface area contributed by atoms with Gasteiger partial charge in [-0.2, -0.15) is 0 Å². The van der Waals surface area contributed by atoms with Crippen molar-refractivity contribution in [3.8, 4) is 11.5 Å². The van der Waals surface area contributed by atoms with Gasteiger partial charge in [-0.3, -0.25) is 0 Å². The van der Waals surface area contributed by atoms with Crippen LogP contribution >= 0.6 is 0 Å². The summed E-state index contributed by atoms with van der Waals surface area (Å²) in [5, 5.41) is 0. The number of rotatable bonds is 14. The number of unbranched alkanes of at least 4 members (excludes halogenated alkanes) is 2. The van der Waals surface area contributed by atoms with Crippen LogP contribution in [0.4, 0.5) is 0 Å². The van der Waals surface area contributed by atoms with Crippen LogP contribution in [0, 0.1) is 23.7 Å². The van der Waals surface area contributed by atoms with Crippen LogP contribution < -0.4 is 9.47 Å². The van der Waals surface area contributed by atoms with Crippen LogP contribution in [0.5, 0.6) is 11.5 Å². The Morgan fingerprint density at radius 1 is 0.562 bits per heavy atom. The molecule has 0 amide bonds. The van der Waals surface area contributed by atoms with E-state index in [-0.39, 0.29) is 0 Å². The number of ether oxygens (including phenoxy) is 2. The van der Waals surface area contributed by atoms with Crippen LogP contribution in [0.2, 0.25) is 0 Å². The second-order valence-electron chi connectivity index (χ2n) is 10.8. The van der Waals surface area contributed by atoms with Gasteiger partial charge < -0.3 is 9.47 Å². The smallest absolute Gasteiger partial charge is 0.119 e. The molecule has 2 nitrogen and oxygen atoms in total. The lowest BCUT2D eigenvalue weighted by atomic mass is 9.78. The summed E-state index contributed by atoms with van der Waals surface area (Å²) in [6, 6.07) is 8.32. The Morgan fingerprint density at radius 3 is 1.44 bits per heavy atom. The zero-order valence-corrected chi connectivity index (χ0v) is 21.2. The van der Waals surface area contributed by atoms with E-state index in [1.807, 2.05) is 0 Å². The second kappa shape index (κ2) is 14.9. The summed E-state index contributed by atoms with van der Waals surface area (Å²) in [6.07, 6.45) is 22.3. The van der Waals surface area contributed by atoms with Crippen molar-refractivity contribution < 1.29 is 9.47 Å². The van der Waals surface area contributed by atoms with E-state index < -0.39 is 0 Å². The lowest BCUT2D eigenvalue weighted by molar-refractivity contribution is 0.178. The monoisotopic (exact) mass is 442 g/mol. The SMILES string of the molecule is CCCCC1CCC(CCCOc2ccc(OCC3CCC(CCCC)CC3)cc2)CC1. The van der Waals surface area contributed by atoms with Gasteiger partial charge in [0.15, 0.2) is 0 Å². The van der Waals surface area contributed by atoms with Crippen molar-refractivity contribution in [1.29, 1.82) is 0 Å². The highest BCUT2D eigenvalue weighted by Crippen LogP contribution is 2.34. The standard InChI is InChI=1S/C30H50O2/c1-3-5-8-25-11-13-27(14-12-25)10-7-23-31-29-19-21-30(22-20-29)32-24-28-17-15-26(16-18-28)9-6-4-2/h19-22,25-28H,3-18,23-24H2,1-2H3. The molecule has 2 saturated carbocycles. The van der Waals surface area contributed by atoms with E-state index in [4.69, 9.17) is 9.47 Å². The third kappa shape index (κ3) is 9.36. The molecule has 1 aromatic carbocycles. The van der Waals surface area contributed by atoms with Crippen molar-refractivity contribution in [3.63, 3.8) is 0 Å². The molecule has 0 radical (unpaired) electrons. The average molecular weight is 443 g/mol. The maximum absolute atomic E-state index is 6.10. The topological polar surface area (TPSA) is 18.5 Å². The molecular formula is C30H50O2. The third-order valence-electron chi connectivity index (χ3n) is 8.20. The lowest BCUT2D eigenvalue weighted by Crippen LogP contribution is -2.20. The van der Waals surface area contributed by atoms with E-state index in [9.17, 15) is 0 Å². The van der Waals surface area contributed by atoms with Gasteiger partial charge in [-0.05, 0) is 73.6 Å².